The molecule has 1 aliphatic heterocycles. The standard InChI is InChI=1S/C18H21N3O4.ClH/c19-13-6-8-21(9-7-13)17(22)12-25-15-4-1-3-14(11-15)20-18(23)16-5-2-10-24-16;/h1-5,10-11,13H,6-9,12,19H2,(H,20,23);1H. The van der Waals surface area contributed by atoms with Crippen LogP contribution in [0, 0.1) is 0 Å². The number of benzene rings is 1. The van der Waals surface area contributed by atoms with E-state index in [-0.39, 0.29) is 42.6 Å². The molecule has 2 aromatic rings. The van der Waals surface area contributed by atoms with Gasteiger partial charge in [0.2, 0.25) is 0 Å². The molecule has 3 N–H and O–H groups in total. The molecule has 0 bridgehead atoms. The average molecular weight is 380 g/mol. The van der Waals surface area contributed by atoms with Gasteiger partial charge in [-0.25, -0.2) is 0 Å². The molecule has 8 heteroatoms. The average Bonchev–Trinajstić information content (AvgIpc) is 3.15. The Balaban J connectivity index is 0.00000243. The number of amides is 2. The summed E-state index contributed by atoms with van der Waals surface area (Å²) in [6, 6.07) is 10.3. The maximum atomic E-state index is 12.2. The number of rotatable bonds is 5. The first kappa shape index (κ1) is 19.8. The topological polar surface area (TPSA) is 97.8 Å². The summed E-state index contributed by atoms with van der Waals surface area (Å²) >= 11 is 0. The van der Waals surface area contributed by atoms with Crippen LogP contribution in [0.5, 0.6) is 5.75 Å². The first-order chi connectivity index (χ1) is 12.1. The Labute approximate surface area is 157 Å². The highest BCUT2D eigenvalue weighted by Gasteiger charge is 2.20. The molecule has 1 aromatic carbocycles. The Morgan fingerprint density at radius 1 is 1.23 bits per heavy atom. The van der Waals surface area contributed by atoms with Gasteiger partial charge in [-0.2, -0.15) is 0 Å². The van der Waals surface area contributed by atoms with Crippen molar-refractivity contribution in [2.24, 2.45) is 5.73 Å². The second-order valence-electron chi connectivity index (χ2n) is 5.97. The number of likely N-dealkylation sites (tertiary alicyclic amines) is 1. The lowest BCUT2D eigenvalue weighted by Gasteiger charge is -2.30. The minimum Gasteiger partial charge on any atom is -0.484 e. The molecule has 0 saturated carbocycles. The van der Waals surface area contributed by atoms with Crippen LogP contribution in [0.25, 0.3) is 0 Å². The Hall–Kier alpha value is -2.51. The number of hydrogen-bond donors (Lipinski definition) is 2. The normalized spacial score (nSPS) is 14.4. The van der Waals surface area contributed by atoms with Crippen LogP contribution in [0.15, 0.2) is 47.1 Å². The highest BCUT2D eigenvalue weighted by molar-refractivity contribution is 6.02. The van der Waals surface area contributed by atoms with Crippen molar-refractivity contribution in [3.63, 3.8) is 0 Å². The number of carbonyl (C=O) groups excluding carboxylic acids is 2. The van der Waals surface area contributed by atoms with Crippen molar-refractivity contribution in [3.05, 3.63) is 48.4 Å². The highest BCUT2D eigenvalue weighted by Crippen LogP contribution is 2.18. The lowest BCUT2D eigenvalue weighted by molar-refractivity contribution is -0.134. The molecular weight excluding hydrogens is 358 g/mol. The third-order valence-corrected chi connectivity index (χ3v) is 4.09. The number of piperidine rings is 1. The molecular formula is C18H22ClN3O4. The van der Waals surface area contributed by atoms with E-state index in [0.717, 1.165) is 12.8 Å². The number of nitrogens with one attached hydrogen (secondary N) is 1. The van der Waals surface area contributed by atoms with Gasteiger partial charge in [0, 0.05) is 30.9 Å². The number of nitrogens with zero attached hydrogens (tertiary/aromatic N) is 1. The molecule has 0 atom stereocenters. The number of ether oxygens (including phenoxy) is 1. The Morgan fingerprint density at radius 2 is 2.00 bits per heavy atom. The summed E-state index contributed by atoms with van der Waals surface area (Å²) in [5.74, 6) is 0.337. The number of hydrogen-bond acceptors (Lipinski definition) is 5. The van der Waals surface area contributed by atoms with Crippen LogP contribution in [0.1, 0.15) is 23.4 Å². The highest BCUT2D eigenvalue weighted by atomic mass is 35.5. The molecule has 1 aliphatic rings. The Morgan fingerprint density at radius 3 is 2.69 bits per heavy atom. The molecule has 3 rings (SSSR count). The second-order valence-corrected chi connectivity index (χ2v) is 5.97. The van der Waals surface area contributed by atoms with Crippen molar-refractivity contribution in [3.8, 4) is 5.75 Å². The third kappa shape index (κ3) is 5.24. The Bertz CT molecular complexity index is 728. The zero-order valence-electron chi connectivity index (χ0n) is 14.2. The van der Waals surface area contributed by atoms with Gasteiger partial charge in [-0.15, -0.1) is 12.4 Å². The lowest BCUT2D eigenvalue weighted by atomic mass is 10.1. The monoisotopic (exact) mass is 379 g/mol. The van der Waals surface area contributed by atoms with Crippen LogP contribution in [-0.2, 0) is 4.79 Å². The molecule has 0 unspecified atom stereocenters. The minimum atomic E-state index is -0.345. The van der Waals surface area contributed by atoms with Gasteiger partial charge in [-0.3, -0.25) is 9.59 Å². The lowest BCUT2D eigenvalue weighted by Crippen LogP contribution is -2.44. The first-order valence-electron chi connectivity index (χ1n) is 8.23. The van der Waals surface area contributed by atoms with Gasteiger partial charge in [0.25, 0.3) is 11.8 Å². The number of carbonyl (C=O) groups is 2. The largest absolute Gasteiger partial charge is 0.484 e. The van der Waals surface area contributed by atoms with E-state index in [2.05, 4.69) is 5.32 Å². The summed E-state index contributed by atoms with van der Waals surface area (Å²) in [4.78, 5) is 25.9. The molecule has 7 nitrogen and oxygen atoms in total. The fourth-order valence-electron chi connectivity index (χ4n) is 2.65. The second kappa shape index (κ2) is 9.26. The molecule has 0 aliphatic carbocycles. The van der Waals surface area contributed by atoms with Crippen LogP contribution < -0.4 is 15.8 Å². The summed E-state index contributed by atoms with van der Waals surface area (Å²) in [7, 11) is 0. The fourth-order valence-corrected chi connectivity index (χ4v) is 2.65. The Kier molecular flexibility index (Phi) is 7.06. The van der Waals surface area contributed by atoms with Crippen LogP contribution in [0.4, 0.5) is 5.69 Å². The molecule has 0 radical (unpaired) electrons. The summed E-state index contributed by atoms with van der Waals surface area (Å²) < 4.78 is 10.6. The van der Waals surface area contributed by atoms with Crippen LogP contribution >= 0.6 is 12.4 Å². The first-order valence-corrected chi connectivity index (χ1v) is 8.23. The zero-order chi connectivity index (χ0) is 17.6. The molecule has 0 spiro atoms. The summed E-state index contributed by atoms with van der Waals surface area (Å²) in [5, 5.41) is 2.72. The smallest absolute Gasteiger partial charge is 0.291 e. The van der Waals surface area contributed by atoms with Gasteiger partial charge in [0.05, 0.1) is 6.26 Å². The predicted molar refractivity (Wildman–Crippen MR) is 99.6 cm³/mol. The van der Waals surface area contributed by atoms with E-state index in [1.54, 1.807) is 41.3 Å². The van der Waals surface area contributed by atoms with Crippen molar-refractivity contribution in [2.75, 3.05) is 25.0 Å². The van der Waals surface area contributed by atoms with Gasteiger partial charge in [0.15, 0.2) is 12.4 Å². The number of nitrogens with two attached hydrogens (primary N) is 1. The molecule has 2 heterocycles. The SMILES string of the molecule is Cl.NC1CCN(C(=O)COc2cccc(NC(=O)c3ccco3)c2)CC1. The number of furan rings is 1. The minimum absolute atomic E-state index is 0. The van der Waals surface area contributed by atoms with E-state index in [1.807, 2.05) is 0 Å². The molecule has 1 aromatic heterocycles. The van der Waals surface area contributed by atoms with Crippen molar-refractivity contribution < 1.29 is 18.7 Å². The van der Waals surface area contributed by atoms with E-state index in [1.165, 1.54) is 6.26 Å². The molecule has 2 amide bonds. The summed E-state index contributed by atoms with van der Waals surface area (Å²) in [6.45, 7) is 1.30. The molecule has 26 heavy (non-hydrogen) atoms. The summed E-state index contributed by atoms with van der Waals surface area (Å²) in [6.07, 6.45) is 3.08. The van der Waals surface area contributed by atoms with E-state index < -0.39 is 0 Å². The zero-order valence-corrected chi connectivity index (χ0v) is 15.0. The van der Waals surface area contributed by atoms with Crippen molar-refractivity contribution >= 4 is 29.9 Å². The van der Waals surface area contributed by atoms with E-state index in [9.17, 15) is 9.59 Å². The van der Waals surface area contributed by atoms with Crippen LogP contribution in [-0.4, -0.2) is 42.5 Å². The maximum Gasteiger partial charge on any atom is 0.291 e. The van der Waals surface area contributed by atoms with Gasteiger partial charge in [0.1, 0.15) is 5.75 Å². The van der Waals surface area contributed by atoms with Crippen molar-refractivity contribution in [2.45, 2.75) is 18.9 Å². The quantitative estimate of drug-likeness (QED) is 0.830. The van der Waals surface area contributed by atoms with Crippen molar-refractivity contribution in [1.29, 1.82) is 0 Å². The van der Waals surface area contributed by atoms with E-state index >= 15 is 0 Å². The van der Waals surface area contributed by atoms with Gasteiger partial charge in [-0.05, 0) is 37.1 Å². The molecule has 1 saturated heterocycles. The van der Waals surface area contributed by atoms with Crippen molar-refractivity contribution in [1.82, 2.24) is 4.90 Å². The van der Waals surface area contributed by atoms with Crippen LogP contribution in [0.3, 0.4) is 0 Å². The van der Waals surface area contributed by atoms with Gasteiger partial charge >= 0.3 is 0 Å². The fraction of sp³-hybridized carbons (Fsp3) is 0.333. The van der Waals surface area contributed by atoms with Crippen LogP contribution in [0.2, 0.25) is 0 Å². The maximum absolute atomic E-state index is 12.2. The third-order valence-electron chi connectivity index (χ3n) is 4.09. The van der Waals surface area contributed by atoms with E-state index in [4.69, 9.17) is 14.9 Å². The van der Waals surface area contributed by atoms with E-state index in [0.29, 0.717) is 24.5 Å². The van der Waals surface area contributed by atoms with Gasteiger partial charge < -0.3 is 25.1 Å². The summed E-state index contributed by atoms with van der Waals surface area (Å²) in [5.41, 5.74) is 6.41. The molecule has 1 fully saturated rings. The number of halogens is 1. The number of anilines is 1. The molecule has 140 valence electrons. The predicted octanol–water partition coefficient (Wildman–Crippen LogP) is 2.28. The van der Waals surface area contributed by atoms with Gasteiger partial charge in [-0.1, -0.05) is 6.07 Å².